The second-order valence-electron chi connectivity index (χ2n) is 4.34. The Morgan fingerprint density at radius 2 is 2.06 bits per heavy atom. The van der Waals surface area contributed by atoms with Gasteiger partial charge in [-0.3, -0.25) is 4.79 Å². The summed E-state index contributed by atoms with van der Waals surface area (Å²) in [6.07, 6.45) is 0.932. The number of carbonyl (C=O) groups excluding carboxylic acids is 1. The van der Waals surface area contributed by atoms with Crippen molar-refractivity contribution in [3.05, 3.63) is 35.9 Å². The van der Waals surface area contributed by atoms with Crippen LogP contribution in [-0.4, -0.2) is 30.2 Å². The van der Waals surface area contributed by atoms with E-state index in [9.17, 15) is 9.90 Å². The van der Waals surface area contributed by atoms with E-state index in [1.54, 1.807) is 0 Å². The lowest BCUT2D eigenvalue weighted by Gasteiger charge is -2.16. The third kappa shape index (κ3) is 4.47. The Kier molecular flexibility index (Phi) is 6.39. The molecule has 0 spiro atoms. The minimum atomic E-state index is -0.349. The zero-order chi connectivity index (χ0) is 13.4. The van der Waals surface area contributed by atoms with Gasteiger partial charge in [0.25, 0.3) is 0 Å². The summed E-state index contributed by atoms with van der Waals surface area (Å²) < 4.78 is 0. The third-order valence-corrected chi connectivity index (χ3v) is 3.00. The molecule has 1 aromatic rings. The Balaban J connectivity index is 2.48. The number of nitrogens with one attached hydrogen (secondary N) is 1. The highest BCUT2D eigenvalue weighted by Gasteiger charge is 2.18. The van der Waals surface area contributed by atoms with Crippen LogP contribution in [0.2, 0.25) is 0 Å². The van der Waals surface area contributed by atoms with Gasteiger partial charge in [0.2, 0.25) is 5.91 Å². The summed E-state index contributed by atoms with van der Waals surface area (Å²) in [5.41, 5.74) is 6.58. The smallest absolute Gasteiger partial charge is 0.228 e. The van der Waals surface area contributed by atoms with Crippen molar-refractivity contribution in [2.45, 2.75) is 31.8 Å². The van der Waals surface area contributed by atoms with E-state index in [1.165, 1.54) is 0 Å². The first kappa shape index (κ1) is 14.7. The summed E-state index contributed by atoms with van der Waals surface area (Å²) in [7, 11) is 0. The molecule has 0 bridgehead atoms. The Morgan fingerprint density at radius 1 is 1.39 bits per heavy atom. The second kappa shape index (κ2) is 7.84. The molecule has 18 heavy (non-hydrogen) atoms. The topological polar surface area (TPSA) is 75.3 Å². The molecular weight excluding hydrogens is 228 g/mol. The molecule has 1 aromatic carbocycles. The van der Waals surface area contributed by atoms with E-state index in [2.05, 4.69) is 5.32 Å². The van der Waals surface area contributed by atoms with Crippen molar-refractivity contribution in [1.82, 2.24) is 5.32 Å². The fourth-order valence-corrected chi connectivity index (χ4v) is 1.77. The third-order valence-electron chi connectivity index (χ3n) is 3.00. The molecule has 4 N–H and O–H groups in total. The average Bonchev–Trinajstić information content (AvgIpc) is 2.40. The van der Waals surface area contributed by atoms with Crippen molar-refractivity contribution in [3.63, 3.8) is 0 Å². The quantitative estimate of drug-likeness (QED) is 0.676. The summed E-state index contributed by atoms with van der Waals surface area (Å²) in [6, 6.07) is 9.50. The van der Waals surface area contributed by atoms with Crippen LogP contribution in [0, 0.1) is 0 Å². The predicted molar refractivity (Wildman–Crippen MR) is 72.2 cm³/mol. The molecule has 0 aliphatic rings. The molecular formula is C14H22N2O2. The van der Waals surface area contributed by atoms with Gasteiger partial charge in [0.1, 0.15) is 0 Å². The van der Waals surface area contributed by atoms with Crippen LogP contribution >= 0.6 is 0 Å². The molecule has 2 atom stereocenters. The van der Waals surface area contributed by atoms with Crippen molar-refractivity contribution in [2.24, 2.45) is 5.73 Å². The summed E-state index contributed by atoms with van der Waals surface area (Å²) in [6.45, 7) is 2.68. The van der Waals surface area contributed by atoms with Gasteiger partial charge in [-0.15, -0.1) is 0 Å². The molecule has 0 heterocycles. The average molecular weight is 250 g/mol. The van der Waals surface area contributed by atoms with Gasteiger partial charge in [-0.2, -0.15) is 0 Å². The van der Waals surface area contributed by atoms with E-state index < -0.39 is 0 Å². The van der Waals surface area contributed by atoms with Gasteiger partial charge in [-0.05, 0) is 18.4 Å². The lowest BCUT2D eigenvalue weighted by Crippen LogP contribution is -2.35. The molecule has 0 saturated heterocycles. The normalized spacial score (nSPS) is 13.9. The molecule has 1 rings (SSSR count). The number of amides is 1. The van der Waals surface area contributed by atoms with Crippen LogP contribution in [0.5, 0.6) is 0 Å². The zero-order valence-corrected chi connectivity index (χ0v) is 10.8. The highest BCUT2D eigenvalue weighted by molar-refractivity contribution is 5.83. The number of benzene rings is 1. The van der Waals surface area contributed by atoms with E-state index in [4.69, 9.17) is 5.73 Å². The lowest BCUT2D eigenvalue weighted by molar-refractivity contribution is -0.122. The Morgan fingerprint density at radius 3 is 2.61 bits per heavy atom. The number of carbonyl (C=O) groups is 1. The number of rotatable bonds is 7. The van der Waals surface area contributed by atoms with Crippen molar-refractivity contribution in [1.29, 1.82) is 0 Å². The van der Waals surface area contributed by atoms with Crippen LogP contribution in [0.3, 0.4) is 0 Å². The molecule has 0 aliphatic carbocycles. The van der Waals surface area contributed by atoms with Crippen LogP contribution in [0.15, 0.2) is 30.3 Å². The van der Waals surface area contributed by atoms with Gasteiger partial charge in [0.15, 0.2) is 0 Å². The fraction of sp³-hybridized carbons (Fsp3) is 0.500. The maximum Gasteiger partial charge on any atom is 0.228 e. The maximum absolute atomic E-state index is 12.0. The second-order valence-corrected chi connectivity index (χ2v) is 4.34. The van der Waals surface area contributed by atoms with Gasteiger partial charge in [0, 0.05) is 13.1 Å². The number of hydrogen-bond acceptors (Lipinski definition) is 3. The maximum atomic E-state index is 12.0. The fourth-order valence-electron chi connectivity index (χ4n) is 1.77. The highest BCUT2D eigenvalue weighted by Crippen LogP contribution is 2.14. The van der Waals surface area contributed by atoms with Gasteiger partial charge in [0.05, 0.1) is 12.0 Å². The van der Waals surface area contributed by atoms with Crippen molar-refractivity contribution in [2.75, 3.05) is 13.1 Å². The summed E-state index contributed by atoms with van der Waals surface area (Å²) >= 11 is 0. The van der Waals surface area contributed by atoms with Gasteiger partial charge >= 0.3 is 0 Å². The molecule has 0 aliphatic heterocycles. The Labute approximate surface area is 108 Å². The van der Waals surface area contributed by atoms with Crippen LogP contribution in [-0.2, 0) is 4.79 Å². The molecule has 2 unspecified atom stereocenters. The number of aliphatic hydroxyl groups is 1. The van der Waals surface area contributed by atoms with Crippen molar-refractivity contribution < 1.29 is 9.90 Å². The standard InChI is InChI=1S/C14H22N2O2/c1-2-12(17)8-9-16-14(18)13(10-15)11-6-4-3-5-7-11/h3-7,12-13,17H,2,8-10,15H2,1H3,(H,16,18). The van der Waals surface area contributed by atoms with E-state index in [1.807, 2.05) is 37.3 Å². The van der Waals surface area contributed by atoms with E-state index in [0.29, 0.717) is 19.4 Å². The summed E-state index contributed by atoms with van der Waals surface area (Å²) in [5, 5.41) is 12.2. The predicted octanol–water partition coefficient (Wildman–Crippen LogP) is 1.01. The van der Waals surface area contributed by atoms with Gasteiger partial charge in [-0.1, -0.05) is 37.3 Å². The van der Waals surface area contributed by atoms with Gasteiger partial charge in [-0.25, -0.2) is 0 Å². The van der Waals surface area contributed by atoms with Crippen LogP contribution in [0.4, 0.5) is 0 Å². The molecule has 100 valence electrons. The molecule has 0 saturated carbocycles. The van der Waals surface area contributed by atoms with Crippen LogP contribution < -0.4 is 11.1 Å². The van der Waals surface area contributed by atoms with E-state index in [0.717, 1.165) is 5.56 Å². The SMILES string of the molecule is CCC(O)CCNC(=O)C(CN)c1ccccc1. The number of nitrogens with two attached hydrogens (primary N) is 1. The minimum Gasteiger partial charge on any atom is -0.393 e. The molecule has 1 amide bonds. The van der Waals surface area contributed by atoms with Crippen LogP contribution in [0.25, 0.3) is 0 Å². The van der Waals surface area contributed by atoms with Gasteiger partial charge < -0.3 is 16.2 Å². The molecule has 4 heteroatoms. The summed E-state index contributed by atoms with van der Waals surface area (Å²) in [5.74, 6) is -0.392. The minimum absolute atomic E-state index is 0.0768. The summed E-state index contributed by atoms with van der Waals surface area (Å²) in [4.78, 5) is 12.0. The first-order valence-electron chi connectivity index (χ1n) is 6.39. The van der Waals surface area contributed by atoms with E-state index in [-0.39, 0.29) is 24.5 Å². The molecule has 0 aromatic heterocycles. The first-order chi connectivity index (χ1) is 8.69. The number of hydrogen-bond donors (Lipinski definition) is 3. The lowest BCUT2D eigenvalue weighted by atomic mass is 9.98. The number of aliphatic hydroxyl groups excluding tert-OH is 1. The largest absolute Gasteiger partial charge is 0.393 e. The first-order valence-corrected chi connectivity index (χ1v) is 6.39. The van der Waals surface area contributed by atoms with Crippen LogP contribution in [0.1, 0.15) is 31.2 Å². The van der Waals surface area contributed by atoms with Crippen molar-refractivity contribution in [3.8, 4) is 0 Å². The van der Waals surface area contributed by atoms with Crippen molar-refractivity contribution >= 4 is 5.91 Å². The molecule has 4 nitrogen and oxygen atoms in total. The molecule has 0 radical (unpaired) electrons. The van der Waals surface area contributed by atoms with E-state index >= 15 is 0 Å². The Bertz CT molecular complexity index is 354. The molecule has 0 fully saturated rings. The highest BCUT2D eigenvalue weighted by atomic mass is 16.3. The Hall–Kier alpha value is -1.39. The zero-order valence-electron chi connectivity index (χ0n) is 10.8. The monoisotopic (exact) mass is 250 g/mol.